The Bertz CT molecular complexity index is 1120. The molecule has 30 heavy (non-hydrogen) atoms. The van der Waals surface area contributed by atoms with Gasteiger partial charge in [0.15, 0.2) is 5.16 Å². The summed E-state index contributed by atoms with van der Waals surface area (Å²) in [7, 11) is 1.51. The van der Waals surface area contributed by atoms with Crippen LogP contribution in [0.3, 0.4) is 0 Å². The smallest absolute Gasteiger partial charge is 0.383 e. The molecule has 1 aromatic heterocycles. The highest BCUT2D eigenvalue weighted by molar-refractivity contribution is 7.99. The molecule has 1 N–H and O–H groups in total. The number of amides is 1. The highest BCUT2D eigenvalue weighted by atomic mass is 32.2. The molecule has 0 fully saturated rings. The van der Waals surface area contributed by atoms with E-state index in [4.69, 9.17) is 4.74 Å². The highest BCUT2D eigenvalue weighted by Crippen LogP contribution is 2.30. The number of fused-ring (bicyclic) bond motifs is 1. The number of rotatable bonds is 7. The number of carbonyl (C=O) groups excluding carboxylic acids is 1. The molecule has 158 valence electrons. The molecule has 0 bridgehead atoms. The Hall–Kier alpha value is -2.85. The van der Waals surface area contributed by atoms with Crippen LogP contribution in [0.4, 0.5) is 18.9 Å². The SMILES string of the molecule is COCCn1c(SCC(=O)Nc2cccc(C(F)(F)F)c2)nc2ccccc2c1=O. The largest absolute Gasteiger partial charge is 0.416 e. The minimum absolute atomic E-state index is 0.0404. The van der Waals surface area contributed by atoms with E-state index in [1.54, 1.807) is 24.3 Å². The van der Waals surface area contributed by atoms with Gasteiger partial charge in [-0.3, -0.25) is 14.2 Å². The van der Waals surface area contributed by atoms with Crippen molar-refractivity contribution in [2.24, 2.45) is 0 Å². The lowest BCUT2D eigenvalue weighted by Crippen LogP contribution is -2.26. The minimum Gasteiger partial charge on any atom is -0.383 e. The van der Waals surface area contributed by atoms with Crippen LogP contribution in [-0.4, -0.2) is 34.9 Å². The summed E-state index contributed by atoms with van der Waals surface area (Å²) in [5, 5.41) is 3.22. The molecule has 0 unspecified atom stereocenters. The van der Waals surface area contributed by atoms with E-state index >= 15 is 0 Å². The molecule has 0 radical (unpaired) electrons. The second kappa shape index (κ2) is 9.31. The first-order valence-corrected chi connectivity index (χ1v) is 9.86. The van der Waals surface area contributed by atoms with Crippen molar-refractivity contribution in [3.8, 4) is 0 Å². The molecule has 3 aromatic rings. The van der Waals surface area contributed by atoms with Gasteiger partial charge in [0.25, 0.3) is 5.56 Å². The number of halogens is 3. The Morgan fingerprint density at radius 2 is 1.97 bits per heavy atom. The number of nitrogens with one attached hydrogen (secondary N) is 1. The molecule has 6 nitrogen and oxygen atoms in total. The van der Waals surface area contributed by atoms with Crippen molar-refractivity contribution in [1.82, 2.24) is 9.55 Å². The van der Waals surface area contributed by atoms with Gasteiger partial charge < -0.3 is 10.1 Å². The van der Waals surface area contributed by atoms with Crippen molar-refractivity contribution < 1.29 is 22.7 Å². The normalized spacial score (nSPS) is 11.6. The van der Waals surface area contributed by atoms with Crippen LogP contribution >= 0.6 is 11.8 Å². The zero-order valence-electron chi connectivity index (χ0n) is 15.9. The fourth-order valence-electron chi connectivity index (χ4n) is 2.74. The summed E-state index contributed by atoms with van der Waals surface area (Å²) in [5.74, 6) is -0.645. The number of thioether (sulfide) groups is 1. The molecule has 1 heterocycles. The van der Waals surface area contributed by atoms with Gasteiger partial charge in [-0.1, -0.05) is 30.0 Å². The zero-order valence-corrected chi connectivity index (χ0v) is 16.7. The van der Waals surface area contributed by atoms with Crippen LogP contribution in [0.15, 0.2) is 58.5 Å². The van der Waals surface area contributed by atoms with Gasteiger partial charge in [0, 0.05) is 12.8 Å². The average molecular weight is 437 g/mol. The lowest BCUT2D eigenvalue weighted by atomic mass is 10.2. The van der Waals surface area contributed by atoms with Crippen molar-refractivity contribution >= 4 is 34.3 Å². The second-order valence-electron chi connectivity index (χ2n) is 6.28. The summed E-state index contributed by atoms with van der Waals surface area (Å²) in [6.45, 7) is 0.536. The number of alkyl halides is 3. The maximum atomic E-state index is 12.8. The van der Waals surface area contributed by atoms with Crippen LogP contribution in [-0.2, 0) is 22.3 Å². The summed E-state index contributed by atoms with van der Waals surface area (Å²) in [6, 6.07) is 11.3. The first kappa shape index (κ1) is 21.8. The van der Waals surface area contributed by atoms with Gasteiger partial charge in [0.05, 0.1) is 35.4 Å². The van der Waals surface area contributed by atoms with Gasteiger partial charge in [-0.25, -0.2) is 4.98 Å². The molecular formula is C20H18F3N3O3S. The molecule has 0 saturated heterocycles. The van der Waals surface area contributed by atoms with Crippen molar-refractivity contribution in [2.45, 2.75) is 17.9 Å². The van der Waals surface area contributed by atoms with Gasteiger partial charge in [0.1, 0.15) is 0 Å². The van der Waals surface area contributed by atoms with Crippen LogP contribution < -0.4 is 10.9 Å². The van der Waals surface area contributed by atoms with E-state index < -0.39 is 17.6 Å². The minimum atomic E-state index is -4.50. The van der Waals surface area contributed by atoms with E-state index in [9.17, 15) is 22.8 Å². The maximum Gasteiger partial charge on any atom is 0.416 e. The van der Waals surface area contributed by atoms with E-state index in [0.717, 1.165) is 23.9 Å². The molecule has 1 amide bonds. The number of benzene rings is 2. The number of aromatic nitrogens is 2. The first-order chi connectivity index (χ1) is 14.3. The van der Waals surface area contributed by atoms with Crippen LogP contribution in [0.25, 0.3) is 10.9 Å². The lowest BCUT2D eigenvalue weighted by molar-refractivity contribution is -0.137. The molecule has 0 aliphatic heterocycles. The number of hydrogen-bond acceptors (Lipinski definition) is 5. The maximum absolute atomic E-state index is 12.8. The Morgan fingerprint density at radius 3 is 2.70 bits per heavy atom. The van der Waals surface area contributed by atoms with Crippen molar-refractivity contribution in [1.29, 1.82) is 0 Å². The van der Waals surface area contributed by atoms with Crippen LogP contribution in [0.5, 0.6) is 0 Å². The predicted molar refractivity (Wildman–Crippen MR) is 109 cm³/mol. The number of nitrogens with zero attached hydrogens (tertiary/aromatic N) is 2. The van der Waals surface area contributed by atoms with E-state index in [1.807, 2.05) is 0 Å². The van der Waals surface area contributed by atoms with Gasteiger partial charge in [-0.15, -0.1) is 0 Å². The Kier molecular flexibility index (Phi) is 6.78. The number of carbonyl (C=O) groups is 1. The third-order valence-corrected chi connectivity index (χ3v) is 5.13. The van der Waals surface area contributed by atoms with Crippen molar-refractivity contribution in [3.63, 3.8) is 0 Å². The average Bonchev–Trinajstić information content (AvgIpc) is 2.71. The quantitative estimate of drug-likeness (QED) is 0.450. The summed E-state index contributed by atoms with van der Waals surface area (Å²) in [4.78, 5) is 29.5. The molecule has 0 aliphatic carbocycles. The van der Waals surface area contributed by atoms with E-state index in [0.29, 0.717) is 16.1 Å². The van der Waals surface area contributed by atoms with Crippen molar-refractivity contribution in [2.75, 3.05) is 24.8 Å². The number of ether oxygens (including phenoxy) is 1. The third kappa shape index (κ3) is 5.19. The molecule has 3 rings (SSSR count). The van der Waals surface area contributed by atoms with Gasteiger partial charge in [0.2, 0.25) is 5.91 Å². The van der Waals surface area contributed by atoms with Gasteiger partial charge in [-0.2, -0.15) is 13.2 Å². The monoisotopic (exact) mass is 437 g/mol. The number of methoxy groups -OCH3 is 1. The van der Waals surface area contributed by atoms with Crippen LogP contribution in [0.2, 0.25) is 0 Å². The van der Waals surface area contributed by atoms with E-state index in [2.05, 4.69) is 10.3 Å². The van der Waals surface area contributed by atoms with Gasteiger partial charge in [-0.05, 0) is 30.3 Å². The summed E-state index contributed by atoms with van der Waals surface area (Å²) < 4.78 is 44.9. The standard InChI is InChI=1S/C20H18F3N3O3S/c1-29-10-9-26-18(28)15-7-2-3-8-16(15)25-19(26)30-12-17(27)24-14-6-4-5-13(11-14)20(21,22)23/h2-8,11H,9-10,12H2,1H3,(H,24,27). The van der Waals surface area contributed by atoms with Crippen molar-refractivity contribution in [3.05, 3.63) is 64.4 Å². The summed E-state index contributed by atoms with van der Waals surface area (Å²) in [6.07, 6.45) is -4.50. The first-order valence-electron chi connectivity index (χ1n) is 8.88. The number of para-hydroxylation sites is 1. The Balaban J connectivity index is 1.78. The molecule has 0 saturated carbocycles. The summed E-state index contributed by atoms with van der Waals surface area (Å²) in [5.41, 5.74) is -0.563. The summed E-state index contributed by atoms with van der Waals surface area (Å²) >= 11 is 1.03. The molecule has 0 spiro atoms. The lowest BCUT2D eigenvalue weighted by Gasteiger charge is -2.13. The van der Waals surface area contributed by atoms with Gasteiger partial charge >= 0.3 is 6.18 Å². The molecule has 0 atom stereocenters. The Morgan fingerprint density at radius 1 is 1.20 bits per heavy atom. The van der Waals surface area contributed by atoms with Crippen LogP contribution in [0.1, 0.15) is 5.56 Å². The Labute approximate surface area is 174 Å². The predicted octanol–water partition coefficient (Wildman–Crippen LogP) is 3.79. The molecule has 2 aromatic carbocycles. The fraction of sp³-hybridized carbons (Fsp3) is 0.250. The van der Waals surface area contributed by atoms with E-state index in [-0.39, 0.29) is 30.2 Å². The topological polar surface area (TPSA) is 73.2 Å². The third-order valence-electron chi connectivity index (χ3n) is 4.15. The number of hydrogen-bond donors (Lipinski definition) is 1. The molecular weight excluding hydrogens is 419 g/mol. The number of anilines is 1. The van der Waals surface area contributed by atoms with Crippen LogP contribution in [0, 0.1) is 0 Å². The zero-order chi connectivity index (χ0) is 21.7. The molecule has 10 heteroatoms. The second-order valence-corrected chi connectivity index (χ2v) is 7.22. The highest BCUT2D eigenvalue weighted by Gasteiger charge is 2.30. The molecule has 0 aliphatic rings. The van der Waals surface area contributed by atoms with E-state index in [1.165, 1.54) is 23.8 Å². The fourth-order valence-corrected chi connectivity index (χ4v) is 3.56.